The van der Waals surface area contributed by atoms with Crippen LogP contribution in [0.15, 0.2) is 30.3 Å². The highest BCUT2D eigenvalue weighted by Gasteiger charge is 2.50. The number of hydrogen-bond donors (Lipinski definition) is 0. The summed E-state index contributed by atoms with van der Waals surface area (Å²) >= 11 is 0. The number of epoxide rings is 1. The lowest BCUT2D eigenvalue weighted by Crippen LogP contribution is -2.48. The van der Waals surface area contributed by atoms with E-state index < -0.39 is 0 Å². The van der Waals surface area contributed by atoms with E-state index in [0.29, 0.717) is 16.9 Å². The molecular formula is C21H30O2. The molecule has 0 N–H and O–H groups in total. The second-order valence-electron chi connectivity index (χ2n) is 8.92. The van der Waals surface area contributed by atoms with Crippen molar-refractivity contribution in [3.8, 4) is 0 Å². The maximum atomic E-state index is 6.05. The Balaban J connectivity index is 1.55. The summed E-state index contributed by atoms with van der Waals surface area (Å²) < 4.78 is 11.3. The van der Waals surface area contributed by atoms with Crippen molar-refractivity contribution in [3.05, 3.63) is 35.9 Å². The minimum absolute atomic E-state index is 0.313. The van der Waals surface area contributed by atoms with Crippen LogP contribution in [0.25, 0.3) is 0 Å². The fourth-order valence-electron chi connectivity index (χ4n) is 5.76. The van der Waals surface area contributed by atoms with Gasteiger partial charge in [-0.2, -0.15) is 0 Å². The van der Waals surface area contributed by atoms with E-state index in [2.05, 4.69) is 44.2 Å². The van der Waals surface area contributed by atoms with Crippen molar-refractivity contribution in [2.24, 2.45) is 17.3 Å². The van der Waals surface area contributed by atoms with Crippen LogP contribution in [0.4, 0.5) is 0 Å². The van der Waals surface area contributed by atoms with Crippen LogP contribution in [-0.2, 0) is 14.9 Å². The Bertz CT molecular complexity index is 534. The summed E-state index contributed by atoms with van der Waals surface area (Å²) in [6.07, 6.45) is 7.10. The third kappa shape index (κ3) is 3.34. The van der Waals surface area contributed by atoms with Gasteiger partial charge in [0.1, 0.15) is 6.10 Å². The Kier molecular flexibility index (Phi) is 4.01. The fourth-order valence-corrected chi connectivity index (χ4v) is 5.76. The van der Waals surface area contributed by atoms with E-state index in [4.69, 9.17) is 9.47 Å². The molecule has 2 heteroatoms. The molecule has 1 saturated heterocycles. The number of rotatable bonds is 5. The maximum absolute atomic E-state index is 6.05. The molecule has 1 aliphatic heterocycles. The molecule has 0 aromatic heterocycles. The monoisotopic (exact) mass is 314 g/mol. The first-order valence-corrected chi connectivity index (χ1v) is 9.32. The largest absolute Gasteiger partial charge is 0.378 e. The first-order chi connectivity index (χ1) is 11.1. The van der Waals surface area contributed by atoms with Gasteiger partial charge in [-0.25, -0.2) is 0 Å². The quantitative estimate of drug-likeness (QED) is 0.742. The average molecular weight is 314 g/mol. The summed E-state index contributed by atoms with van der Waals surface area (Å²) in [6.45, 7) is 7.49. The van der Waals surface area contributed by atoms with Crippen molar-refractivity contribution >= 4 is 0 Å². The van der Waals surface area contributed by atoms with Crippen LogP contribution >= 0.6 is 0 Å². The number of fused-ring (bicyclic) bond motifs is 2. The lowest BCUT2D eigenvalue weighted by Gasteiger charge is -2.55. The summed E-state index contributed by atoms with van der Waals surface area (Å²) in [7, 11) is 0. The van der Waals surface area contributed by atoms with Gasteiger partial charge in [-0.1, -0.05) is 44.2 Å². The molecule has 4 unspecified atom stereocenters. The van der Waals surface area contributed by atoms with Gasteiger partial charge in [-0.15, -0.1) is 0 Å². The smallest absolute Gasteiger partial charge is 0.104 e. The second-order valence-corrected chi connectivity index (χ2v) is 8.92. The molecule has 1 aromatic carbocycles. The lowest BCUT2D eigenvalue weighted by atomic mass is 9.50. The third-order valence-corrected chi connectivity index (χ3v) is 6.24. The zero-order valence-electron chi connectivity index (χ0n) is 14.6. The van der Waals surface area contributed by atoms with Crippen LogP contribution < -0.4 is 0 Å². The van der Waals surface area contributed by atoms with Gasteiger partial charge in [0.25, 0.3) is 0 Å². The van der Waals surface area contributed by atoms with Crippen molar-refractivity contribution < 1.29 is 9.47 Å². The Morgan fingerprint density at radius 1 is 1.17 bits per heavy atom. The molecule has 2 saturated carbocycles. The van der Waals surface area contributed by atoms with Crippen LogP contribution in [0.5, 0.6) is 0 Å². The topological polar surface area (TPSA) is 21.8 Å². The standard InChI is InChI=1S/C21H30O2/c1-16-8-17-10-20(2,15-22-12-19-13-23-19)14-21(9-16,11-17)18-6-4-3-5-7-18/h3-7,16-17,19H,8-15H2,1-2H3/t16?,17?,19-,20?,21?/m0/s1. The summed E-state index contributed by atoms with van der Waals surface area (Å²) in [5.74, 6) is 1.71. The van der Waals surface area contributed by atoms with Gasteiger partial charge in [0, 0.05) is 0 Å². The molecule has 23 heavy (non-hydrogen) atoms. The minimum atomic E-state index is 0.313. The molecule has 1 heterocycles. The molecule has 5 atom stereocenters. The summed E-state index contributed by atoms with van der Waals surface area (Å²) in [5, 5.41) is 0. The summed E-state index contributed by atoms with van der Waals surface area (Å²) in [6, 6.07) is 11.3. The van der Waals surface area contributed by atoms with E-state index in [1.807, 2.05) is 0 Å². The number of benzene rings is 1. The Labute approximate surface area is 140 Å². The SMILES string of the molecule is CC1CC2CC(C)(COC[C@H]3CO3)CC(c3ccccc3)(C1)C2. The molecule has 0 radical (unpaired) electrons. The van der Waals surface area contributed by atoms with Crippen LogP contribution in [0.3, 0.4) is 0 Å². The highest BCUT2D eigenvalue weighted by Crippen LogP contribution is 2.58. The van der Waals surface area contributed by atoms with Gasteiger partial charge >= 0.3 is 0 Å². The number of ether oxygens (including phenoxy) is 2. The second kappa shape index (κ2) is 5.89. The van der Waals surface area contributed by atoms with Crippen molar-refractivity contribution in [3.63, 3.8) is 0 Å². The van der Waals surface area contributed by atoms with Crippen molar-refractivity contribution in [2.75, 3.05) is 19.8 Å². The first-order valence-electron chi connectivity index (χ1n) is 9.32. The molecule has 0 amide bonds. The molecule has 2 bridgehead atoms. The molecule has 0 spiro atoms. The zero-order valence-corrected chi connectivity index (χ0v) is 14.6. The van der Waals surface area contributed by atoms with Crippen molar-refractivity contribution in [2.45, 2.75) is 57.5 Å². The van der Waals surface area contributed by atoms with Gasteiger partial charge < -0.3 is 9.47 Å². The predicted molar refractivity (Wildman–Crippen MR) is 92.5 cm³/mol. The van der Waals surface area contributed by atoms with E-state index >= 15 is 0 Å². The third-order valence-electron chi connectivity index (χ3n) is 6.24. The van der Waals surface area contributed by atoms with Gasteiger partial charge in [0.2, 0.25) is 0 Å². The van der Waals surface area contributed by atoms with Gasteiger partial charge in [0.15, 0.2) is 0 Å². The molecule has 1 aromatic rings. The van der Waals surface area contributed by atoms with Crippen molar-refractivity contribution in [1.29, 1.82) is 0 Å². The molecular weight excluding hydrogens is 284 g/mol. The molecule has 2 nitrogen and oxygen atoms in total. The lowest BCUT2D eigenvalue weighted by molar-refractivity contribution is -0.0394. The van der Waals surface area contributed by atoms with E-state index in [9.17, 15) is 0 Å². The molecule has 3 aliphatic rings. The molecule has 126 valence electrons. The van der Waals surface area contributed by atoms with Crippen LogP contribution in [0, 0.1) is 17.3 Å². The van der Waals surface area contributed by atoms with Crippen molar-refractivity contribution in [1.82, 2.24) is 0 Å². The zero-order chi connectivity index (χ0) is 15.9. The predicted octanol–water partition coefficient (Wildman–Crippen LogP) is 4.58. The van der Waals surface area contributed by atoms with Gasteiger partial charge in [-0.3, -0.25) is 0 Å². The number of hydrogen-bond acceptors (Lipinski definition) is 2. The molecule has 4 rings (SSSR count). The van der Waals surface area contributed by atoms with Crippen LogP contribution in [0.2, 0.25) is 0 Å². The summed E-state index contributed by atoms with van der Waals surface area (Å²) in [5.41, 5.74) is 2.25. The van der Waals surface area contributed by atoms with Crippen LogP contribution in [-0.4, -0.2) is 25.9 Å². The maximum Gasteiger partial charge on any atom is 0.104 e. The Morgan fingerprint density at radius 2 is 1.96 bits per heavy atom. The molecule has 3 fully saturated rings. The minimum Gasteiger partial charge on any atom is -0.378 e. The first kappa shape index (κ1) is 15.7. The fraction of sp³-hybridized carbons (Fsp3) is 0.714. The van der Waals surface area contributed by atoms with E-state index in [0.717, 1.165) is 31.7 Å². The van der Waals surface area contributed by atoms with Gasteiger partial charge in [-0.05, 0) is 60.3 Å². The average Bonchev–Trinajstić information content (AvgIpc) is 3.31. The van der Waals surface area contributed by atoms with Gasteiger partial charge in [0.05, 0.1) is 19.8 Å². The Morgan fingerprint density at radius 3 is 2.70 bits per heavy atom. The van der Waals surface area contributed by atoms with E-state index in [1.54, 1.807) is 5.56 Å². The van der Waals surface area contributed by atoms with E-state index in [1.165, 1.54) is 32.1 Å². The normalized spacial score (nSPS) is 42.4. The van der Waals surface area contributed by atoms with E-state index in [-0.39, 0.29) is 0 Å². The summed E-state index contributed by atoms with van der Waals surface area (Å²) in [4.78, 5) is 0. The highest BCUT2D eigenvalue weighted by molar-refractivity contribution is 5.28. The molecule has 2 aliphatic carbocycles. The highest BCUT2D eigenvalue weighted by atomic mass is 16.6. The van der Waals surface area contributed by atoms with Crippen LogP contribution in [0.1, 0.15) is 51.5 Å². The Hall–Kier alpha value is -0.860.